The molecular formula is C16H20N2O. The molecule has 0 spiro atoms. The van der Waals surface area contributed by atoms with Crippen LogP contribution >= 0.6 is 0 Å². The molecule has 0 saturated carbocycles. The molecule has 100 valence electrons. The Morgan fingerprint density at radius 3 is 2.32 bits per heavy atom. The third-order valence-electron chi connectivity index (χ3n) is 3.17. The molecule has 1 aromatic heterocycles. The van der Waals surface area contributed by atoms with Gasteiger partial charge in [-0.25, -0.2) is 0 Å². The van der Waals surface area contributed by atoms with E-state index in [1.807, 2.05) is 50.6 Å². The van der Waals surface area contributed by atoms with Crippen LogP contribution < -0.4 is 0 Å². The first-order valence-corrected chi connectivity index (χ1v) is 6.64. The zero-order chi connectivity index (χ0) is 14.0. The second kappa shape index (κ2) is 5.39. The van der Waals surface area contributed by atoms with Crippen LogP contribution in [-0.2, 0) is 13.0 Å². The van der Waals surface area contributed by atoms with E-state index in [1.165, 1.54) is 0 Å². The highest BCUT2D eigenvalue weighted by atomic mass is 16.1. The van der Waals surface area contributed by atoms with Crippen molar-refractivity contribution in [2.75, 3.05) is 0 Å². The fourth-order valence-electron chi connectivity index (χ4n) is 2.42. The third-order valence-corrected chi connectivity index (χ3v) is 3.17. The summed E-state index contributed by atoms with van der Waals surface area (Å²) in [6, 6.07) is 7.98. The lowest BCUT2D eigenvalue weighted by Gasteiger charge is -2.06. The summed E-state index contributed by atoms with van der Waals surface area (Å²) in [6.45, 7) is 8.83. The summed E-state index contributed by atoms with van der Waals surface area (Å²) in [5, 5.41) is 4.38. The fraction of sp³-hybridized carbons (Fsp3) is 0.375. The van der Waals surface area contributed by atoms with Crippen LogP contribution in [-0.4, -0.2) is 15.6 Å². The highest BCUT2D eigenvalue weighted by Crippen LogP contribution is 2.13. The lowest BCUT2D eigenvalue weighted by Crippen LogP contribution is -2.10. The van der Waals surface area contributed by atoms with Gasteiger partial charge < -0.3 is 0 Å². The Kier molecular flexibility index (Phi) is 3.84. The van der Waals surface area contributed by atoms with Gasteiger partial charge in [0.25, 0.3) is 0 Å². The first kappa shape index (κ1) is 13.5. The molecule has 0 bridgehead atoms. The van der Waals surface area contributed by atoms with Crippen LogP contribution in [0.2, 0.25) is 0 Å². The van der Waals surface area contributed by atoms with Gasteiger partial charge in [-0.2, -0.15) is 5.10 Å². The van der Waals surface area contributed by atoms with Gasteiger partial charge in [-0.3, -0.25) is 9.48 Å². The monoisotopic (exact) mass is 256 g/mol. The minimum absolute atomic E-state index is 0.154. The van der Waals surface area contributed by atoms with Crippen molar-refractivity contribution < 1.29 is 4.79 Å². The van der Waals surface area contributed by atoms with Crippen molar-refractivity contribution >= 4 is 5.78 Å². The van der Waals surface area contributed by atoms with E-state index in [-0.39, 0.29) is 5.78 Å². The maximum Gasteiger partial charge on any atom is 0.168 e. The van der Waals surface area contributed by atoms with Gasteiger partial charge in [0.1, 0.15) is 0 Å². The van der Waals surface area contributed by atoms with Gasteiger partial charge in [0, 0.05) is 17.8 Å². The summed E-state index contributed by atoms with van der Waals surface area (Å²) in [6.07, 6.45) is 0.414. The Morgan fingerprint density at radius 2 is 1.74 bits per heavy atom. The molecule has 0 aliphatic rings. The van der Waals surface area contributed by atoms with Crippen LogP contribution in [0.4, 0.5) is 0 Å². The van der Waals surface area contributed by atoms with Crippen LogP contribution in [0.5, 0.6) is 0 Å². The molecule has 0 N–H and O–H groups in total. The average Bonchev–Trinajstić information content (AvgIpc) is 2.68. The minimum atomic E-state index is 0.154. The summed E-state index contributed by atoms with van der Waals surface area (Å²) in [5.74, 6) is 0.154. The van der Waals surface area contributed by atoms with Crippen LogP contribution in [0.15, 0.2) is 24.3 Å². The molecule has 2 rings (SSSR count). The number of hydrogen-bond donors (Lipinski definition) is 0. The van der Waals surface area contributed by atoms with E-state index in [9.17, 15) is 4.79 Å². The Hall–Kier alpha value is -1.90. The number of nitrogens with zero attached hydrogens (tertiary/aromatic N) is 2. The number of rotatable bonds is 4. The van der Waals surface area contributed by atoms with E-state index in [0.29, 0.717) is 6.42 Å². The first-order valence-electron chi connectivity index (χ1n) is 6.64. The highest BCUT2D eigenvalue weighted by molar-refractivity contribution is 5.97. The molecule has 0 radical (unpaired) electrons. The van der Waals surface area contributed by atoms with E-state index in [1.54, 1.807) is 0 Å². The predicted octanol–water partition coefficient (Wildman–Crippen LogP) is 3.25. The number of Topliss-reactive ketones (excluding diaryl/α,β-unsaturated/α-hetero) is 1. The van der Waals surface area contributed by atoms with Gasteiger partial charge in [0.2, 0.25) is 0 Å². The summed E-state index contributed by atoms with van der Waals surface area (Å²) in [7, 11) is 0. The van der Waals surface area contributed by atoms with Gasteiger partial charge in [0.15, 0.2) is 5.78 Å². The van der Waals surface area contributed by atoms with E-state index in [0.717, 1.165) is 34.6 Å². The standard InChI is InChI=1S/C16H20N2O/c1-5-18-15(9-13(4)17-18)10-16(19)14-7-11(2)6-12(3)8-14/h6-9H,5,10H2,1-4H3. The predicted molar refractivity (Wildman–Crippen MR) is 76.6 cm³/mol. The molecule has 0 saturated heterocycles. The third kappa shape index (κ3) is 3.11. The Bertz CT molecular complexity index is 591. The number of ketones is 1. The molecular weight excluding hydrogens is 236 g/mol. The van der Waals surface area contributed by atoms with Crippen molar-refractivity contribution in [3.8, 4) is 0 Å². The van der Waals surface area contributed by atoms with Gasteiger partial charge in [-0.15, -0.1) is 0 Å². The maximum absolute atomic E-state index is 12.4. The van der Waals surface area contributed by atoms with E-state index in [2.05, 4.69) is 11.2 Å². The van der Waals surface area contributed by atoms with E-state index >= 15 is 0 Å². The van der Waals surface area contributed by atoms with Crippen LogP contribution in [0, 0.1) is 20.8 Å². The number of hydrogen-bond acceptors (Lipinski definition) is 2. The first-order chi connectivity index (χ1) is 8.99. The molecule has 0 atom stereocenters. The summed E-state index contributed by atoms with van der Waals surface area (Å²) in [5.41, 5.74) is 5.00. The quantitative estimate of drug-likeness (QED) is 0.787. The highest BCUT2D eigenvalue weighted by Gasteiger charge is 2.12. The lowest BCUT2D eigenvalue weighted by molar-refractivity contribution is 0.0990. The average molecular weight is 256 g/mol. The molecule has 0 aliphatic heterocycles. The fourth-order valence-corrected chi connectivity index (χ4v) is 2.42. The van der Waals surface area contributed by atoms with E-state index < -0.39 is 0 Å². The van der Waals surface area contributed by atoms with E-state index in [4.69, 9.17) is 0 Å². The number of carbonyl (C=O) groups excluding carboxylic acids is 1. The number of benzene rings is 1. The summed E-state index contributed by atoms with van der Waals surface area (Å²) < 4.78 is 1.90. The largest absolute Gasteiger partial charge is 0.294 e. The SMILES string of the molecule is CCn1nc(C)cc1CC(=O)c1cc(C)cc(C)c1. The van der Waals surface area contributed by atoms with Crippen molar-refractivity contribution in [2.24, 2.45) is 0 Å². The summed E-state index contributed by atoms with van der Waals surface area (Å²) >= 11 is 0. The molecule has 0 fully saturated rings. The van der Waals surface area contributed by atoms with Crippen molar-refractivity contribution in [1.29, 1.82) is 0 Å². The number of aryl methyl sites for hydroxylation is 4. The Balaban J connectivity index is 2.25. The lowest BCUT2D eigenvalue weighted by atomic mass is 10.0. The van der Waals surface area contributed by atoms with Gasteiger partial charge in [0.05, 0.1) is 12.1 Å². The summed E-state index contributed by atoms with van der Waals surface area (Å²) in [4.78, 5) is 12.4. The van der Waals surface area contributed by atoms with Crippen molar-refractivity contribution in [3.05, 3.63) is 52.3 Å². The normalized spacial score (nSPS) is 10.7. The van der Waals surface area contributed by atoms with Gasteiger partial charge in [-0.1, -0.05) is 17.2 Å². The molecule has 2 aromatic rings. The molecule has 0 amide bonds. The topological polar surface area (TPSA) is 34.9 Å². The zero-order valence-electron chi connectivity index (χ0n) is 12.0. The van der Waals surface area contributed by atoms with Crippen LogP contribution in [0.25, 0.3) is 0 Å². The van der Waals surface area contributed by atoms with Crippen LogP contribution in [0.1, 0.15) is 39.8 Å². The smallest absolute Gasteiger partial charge is 0.168 e. The molecule has 0 unspecified atom stereocenters. The minimum Gasteiger partial charge on any atom is -0.294 e. The molecule has 3 heteroatoms. The Labute approximate surface area is 114 Å². The maximum atomic E-state index is 12.4. The molecule has 0 aliphatic carbocycles. The molecule has 1 aromatic carbocycles. The van der Waals surface area contributed by atoms with Crippen molar-refractivity contribution in [3.63, 3.8) is 0 Å². The van der Waals surface area contributed by atoms with Crippen molar-refractivity contribution in [1.82, 2.24) is 9.78 Å². The second-order valence-electron chi connectivity index (χ2n) is 5.07. The molecule has 3 nitrogen and oxygen atoms in total. The second-order valence-corrected chi connectivity index (χ2v) is 5.07. The van der Waals surface area contributed by atoms with Crippen LogP contribution in [0.3, 0.4) is 0 Å². The zero-order valence-corrected chi connectivity index (χ0v) is 12.0. The van der Waals surface area contributed by atoms with Gasteiger partial charge >= 0.3 is 0 Å². The van der Waals surface area contributed by atoms with Crippen molar-refractivity contribution in [2.45, 2.75) is 40.7 Å². The number of carbonyl (C=O) groups is 1. The Morgan fingerprint density at radius 1 is 1.11 bits per heavy atom. The molecule has 1 heterocycles. The molecule has 19 heavy (non-hydrogen) atoms. The van der Waals surface area contributed by atoms with Gasteiger partial charge in [-0.05, 0) is 45.9 Å². The number of aromatic nitrogens is 2.